The molecule has 0 radical (unpaired) electrons. The van der Waals surface area contributed by atoms with Gasteiger partial charge in [0.05, 0.1) is 17.4 Å². The molecule has 1 aliphatic rings. The molecule has 2 unspecified atom stereocenters. The summed E-state index contributed by atoms with van der Waals surface area (Å²) in [6, 6.07) is 2.12. The molecule has 1 rings (SSSR count). The van der Waals surface area contributed by atoms with Gasteiger partial charge in [0.2, 0.25) is 5.91 Å². The van der Waals surface area contributed by atoms with Gasteiger partial charge in [-0.1, -0.05) is 13.8 Å². The molecule has 0 bridgehead atoms. The van der Waals surface area contributed by atoms with Gasteiger partial charge in [-0.15, -0.1) is 0 Å². The van der Waals surface area contributed by atoms with Crippen molar-refractivity contribution in [2.45, 2.75) is 27.2 Å². The highest BCUT2D eigenvalue weighted by Crippen LogP contribution is 2.34. The lowest BCUT2D eigenvalue weighted by Crippen LogP contribution is -2.47. The molecule has 16 heavy (non-hydrogen) atoms. The number of carbonyl (C=O) groups is 1. The fourth-order valence-electron chi connectivity index (χ4n) is 2.13. The number of carbonyl (C=O) groups excluding carboxylic acids is 1. The van der Waals surface area contributed by atoms with Crippen molar-refractivity contribution in [1.29, 1.82) is 5.26 Å². The minimum absolute atomic E-state index is 0.0922. The summed E-state index contributed by atoms with van der Waals surface area (Å²) < 4.78 is 0. The first kappa shape index (κ1) is 13.0. The molecule has 0 aromatic heterocycles. The van der Waals surface area contributed by atoms with Crippen molar-refractivity contribution in [2.75, 3.05) is 19.6 Å². The highest BCUT2D eigenvalue weighted by atomic mass is 16.2. The van der Waals surface area contributed by atoms with Gasteiger partial charge in [-0.05, 0) is 25.8 Å². The first-order valence-corrected chi connectivity index (χ1v) is 5.91. The lowest BCUT2D eigenvalue weighted by molar-refractivity contribution is -0.132. The summed E-state index contributed by atoms with van der Waals surface area (Å²) in [5, 5.41) is 14.8. The molecule has 90 valence electrons. The molecule has 0 aromatic carbocycles. The largest absolute Gasteiger partial charge is 0.354 e. The Labute approximate surface area is 97.4 Å². The van der Waals surface area contributed by atoms with Crippen molar-refractivity contribution >= 4 is 5.91 Å². The van der Waals surface area contributed by atoms with Crippen molar-refractivity contribution in [3.05, 3.63) is 0 Å². The van der Waals surface area contributed by atoms with Gasteiger partial charge in [-0.2, -0.15) is 5.26 Å². The van der Waals surface area contributed by atoms with Gasteiger partial charge in [0.1, 0.15) is 0 Å². The third-order valence-corrected chi connectivity index (χ3v) is 3.53. The van der Waals surface area contributed by atoms with E-state index in [-0.39, 0.29) is 17.2 Å². The topological polar surface area (TPSA) is 64.9 Å². The van der Waals surface area contributed by atoms with E-state index in [4.69, 9.17) is 5.26 Å². The first-order chi connectivity index (χ1) is 7.53. The Morgan fingerprint density at radius 2 is 2.25 bits per heavy atom. The minimum Gasteiger partial charge on any atom is -0.354 e. The Balaban J connectivity index is 2.60. The standard InChI is InChI=1S/C12H21N3O/c1-9(2)12(4-5-14-8-12)11(16)15-7-10(3)6-13/h9-10,14H,4-5,7-8H2,1-3H3,(H,15,16). The number of hydrogen-bond donors (Lipinski definition) is 2. The number of nitrogens with zero attached hydrogens (tertiary/aromatic N) is 1. The van der Waals surface area contributed by atoms with Crippen LogP contribution in [0.3, 0.4) is 0 Å². The Morgan fingerprint density at radius 1 is 1.56 bits per heavy atom. The van der Waals surface area contributed by atoms with Crippen LogP contribution in [0.25, 0.3) is 0 Å². The highest BCUT2D eigenvalue weighted by molar-refractivity contribution is 5.83. The molecule has 0 aromatic rings. The second-order valence-electron chi connectivity index (χ2n) is 4.98. The van der Waals surface area contributed by atoms with Gasteiger partial charge in [-0.3, -0.25) is 4.79 Å². The monoisotopic (exact) mass is 223 g/mol. The zero-order valence-electron chi connectivity index (χ0n) is 10.3. The summed E-state index contributed by atoms with van der Waals surface area (Å²) in [6.45, 7) is 8.08. The van der Waals surface area contributed by atoms with Crippen molar-refractivity contribution in [3.8, 4) is 6.07 Å². The zero-order chi connectivity index (χ0) is 12.2. The SMILES string of the molecule is CC(C#N)CNC(=O)C1(C(C)C)CCNC1. The molecule has 0 spiro atoms. The molecule has 1 aliphatic heterocycles. The highest BCUT2D eigenvalue weighted by Gasteiger charge is 2.43. The van der Waals surface area contributed by atoms with Crippen LogP contribution in [0.1, 0.15) is 27.2 Å². The number of rotatable bonds is 4. The molecule has 1 fully saturated rings. The molecule has 1 amide bonds. The van der Waals surface area contributed by atoms with Crippen LogP contribution < -0.4 is 10.6 Å². The molecule has 0 saturated carbocycles. The van der Waals surface area contributed by atoms with E-state index in [1.54, 1.807) is 0 Å². The number of amides is 1. The first-order valence-electron chi connectivity index (χ1n) is 5.91. The maximum Gasteiger partial charge on any atom is 0.227 e. The summed E-state index contributed by atoms with van der Waals surface area (Å²) in [5.41, 5.74) is -0.283. The maximum absolute atomic E-state index is 12.2. The van der Waals surface area contributed by atoms with E-state index >= 15 is 0 Å². The van der Waals surface area contributed by atoms with Crippen molar-refractivity contribution in [3.63, 3.8) is 0 Å². The number of nitrogens with one attached hydrogen (secondary N) is 2. The smallest absolute Gasteiger partial charge is 0.227 e. The van der Waals surface area contributed by atoms with Gasteiger partial charge >= 0.3 is 0 Å². The maximum atomic E-state index is 12.2. The van der Waals surface area contributed by atoms with E-state index < -0.39 is 0 Å². The van der Waals surface area contributed by atoms with E-state index in [1.807, 2.05) is 6.92 Å². The van der Waals surface area contributed by atoms with E-state index in [2.05, 4.69) is 30.6 Å². The zero-order valence-corrected chi connectivity index (χ0v) is 10.3. The third-order valence-electron chi connectivity index (χ3n) is 3.53. The van der Waals surface area contributed by atoms with Crippen LogP contribution in [-0.2, 0) is 4.79 Å². The Kier molecular flexibility index (Phi) is 4.31. The molecular formula is C12H21N3O. The van der Waals surface area contributed by atoms with Gasteiger partial charge in [0, 0.05) is 13.1 Å². The van der Waals surface area contributed by atoms with E-state index in [9.17, 15) is 4.79 Å². The van der Waals surface area contributed by atoms with Crippen LogP contribution in [0, 0.1) is 28.6 Å². The van der Waals surface area contributed by atoms with Crippen molar-refractivity contribution in [2.24, 2.45) is 17.3 Å². The summed E-state index contributed by atoms with van der Waals surface area (Å²) in [6.07, 6.45) is 0.886. The van der Waals surface area contributed by atoms with Gasteiger partial charge < -0.3 is 10.6 Å². The molecule has 4 heteroatoms. The lowest BCUT2D eigenvalue weighted by atomic mass is 9.75. The van der Waals surface area contributed by atoms with Crippen LogP contribution in [0.4, 0.5) is 0 Å². The predicted molar refractivity (Wildman–Crippen MR) is 62.5 cm³/mol. The van der Waals surface area contributed by atoms with Crippen LogP contribution in [0.15, 0.2) is 0 Å². The molecular weight excluding hydrogens is 202 g/mol. The molecule has 1 heterocycles. The van der Waals surface area contributed by atoms with Gasteiger partial charge in [-0.25, -0.2) is 0 Å². The van der Waals surface area contributed by atoms with Gasteiger partial charge in [0.15, 0.2) is 0 Å². The summed E-state index contributed by atoms with van der Waals surface area (Å²) in [7, 11) is 0. The quantitative estimate of drug-likeness (QED) is 0.744. The number of nitriles is 1. The normalized spacial score (nSPS) is 26.4. The molecule has 2 N–H and O–H groups in total. The molecule has 4 nitrogen and oxygen atoms in total. The fraction of sp³-hybridized carbons (Fsp3) is 0.833. The lowest BCUT2D eigenvalue weighted by Gasteiger charge is -2.31. The van der Waals surface area contributed by atoms with Gasteiger partial charge in [0.25, 0.3) is 0 Å². The number of hydrogen-bond acceptors (Lipinski definition) is 3. The van der Waals surface area contributed by atoms with E-state index in [1.165, 1.54) is 0 Å². The molecule has 1 saturated heterocycles. The second kappa shape index (κ2) is 5.31. The summed E-state index contributed by atoms with van der Waals surface area (Å²) in [4.78, 5) is 12.2. The van der Waals surface area contributed by atoms with Crippen LogP contribution in [-0.4, -0.2) is 25.5 Å². The summed E-state index contributed by atoms with van der Waals surface area (Å²) >= 11 is 0. The van der Waals surface area contributed by atoms with Crippen LogP contribution >= 0.6 is 0 Å². The second-order valence-corrected chi connectivity index (χ2v) is 4.98. The minimum atomic E-state index is -0.283. The average Bonchev–Trinajstić information content (AvgIpc) is 2.75. The fourth-order valence-corrected chi connectivity index (χ4v) is 2.13. The van der Waals surface area contributed by atoms with Crippen molar-refractivity contribution < 1.29 is 4.79 Å². The average molecular weight is 223 g/mol. The summed E-state index contributed by atoms with van der Waals surface area (Å²) in [5.74, 6) is 0.289. The molecule has 0 aliphatic carbocycles. The van der Waals surface area contributed by atoms with E-state index in [0.717, 1.165) is 19.5 Å². The molecule has 2 atom stereocenters. The predicted octanol–water partition coefficient (Wildman–Crippen LogP) is 0.898. The van der Waals surface area contributed by atoms with E-state index in [0.29, 0.717) is 12.5 Å². The Hall–Kier alpha value is -1.08. The van der Waals surface area contributed by atoms with Crippen LogP contribution in [0.5, 0.6) is 0 Å². The third kappa shape index (κ3) is 2.53. The Bertz CT molecular complexity index is 287. The van der Waals surface area contributed by atoms with Crippen molar-refractivity contribution in [1.82, 2.24) is 10.6 Å². The van der Waals surface area contributed by atoms with Crippen LogP contribution in [0.2, 0.25) is 0 Å². The Morgan fingerprint density at radius 3 is 2.69 bits per heavy atom.